The lowest BCUT2D eigenvalue weighted by Crippen LogP contribution is -2.33. The Morgan fingerprint density at radius 1 is 1.03 bits per heavy atom. The van der Waals surface area contributed by atoms with E-state index in [9.17, 15) is 19.2 Å². The molecule has 2 aromatic carbocycles. The van der Waals surface area contributed by atoms with E-state index in [4.69, 9.17) is 14.2 Å². The van der Waals surface area contributed by atoms with Crippen LogP contribution in [0, 0.1) is 23.7 Å². The van der Waals surface area contributed by atoms with Crippen molar-refractivity contribution in [2.24, 2.45) is 23.7 Å². The fourth-order valence-electron chi connectivity index (χ4n) is 5.60. The normalized spacial score (nSPS) is 23.9. The molecule has 1 N–H and O–H groups in total. The molecule has 2 bridgehead atoms. The van der Waals surface area contributed by atoms with Crippen molar-refractivity contribution < 1.29 is 33.4 Å². The minimum absolute atomic E-state index is 0.0948. The molecule has 1 aliphatic heterocycles. The number of carbonyl (C=O) groups is 4. The lowest BCUT2D eigenvalue weighted by Gasteiger charge is -2.19. The van der Waals surface area contributed by atoms with E-state index >= 15 is 0 Å². The van der Waals surface area contributed by atoms with E-state index in [2.05, 4.69) is 11.4 Å². The van der Waals surface area contributed by atoms with Crippen molar-refractivity contribution in [3.05, 3.63) is 59.7 Å². The van der Waals surface area contributed by atoms with Crippen LogP contribution in [0.4, 0.5) is 11.4 Å². The smallest absolute Gasteiger partial charge is 0.338 e. The van der Waals surface area contributed by atoms with E-state index in [-0.39, 0.29) is 41.0 Å². The number of nitrogens with zero attached hydrogens (tertiary/aromatic N) is 1. The number of amides is 3. The van der Waals surface area contributed by atoms with Crippen LogP contribution in [0.2, 0.25) is 0 Å². The highest BCUT2D eigenvalue weighted by Crippen LogP contribution is 2.55. The number of imide groups is 1. The van der Waals surface area contributed by atoms with Gasteiger partial charge in [-0.3, -0.25) is 14.4 Å². The monoisotopic (exact) mass is 490 g/mol. The van der Waals surface area contributed by atoms with E-state index in [1.54, 1.807) is 30.3 Å². The van der Waals surface area contributed by atoms with E-state index in [1.165, 1.54) is 36.8 Å². The molecular weight excluding hydrogens is 464 g/mol. The van der Waals surface area contributed by atoms with Crippen LogP contribution in [0.15, 0.2) is 54.1 Å². The summed E-state index contributed by atoms with van der Waals surface area (Å²) in [6.07, 6.45) is 2.96. The van der Waals surface area contributed by atoms with Gasteiger partial charge < -0.3 is 19.5 Å². The predicted octanol–water partition coefficient (Wildman–Crippen LogP) is 3.20. The number of carbonyl (C=O) groups excluding carboxylic acids is 4. The summed E-state index contributed by atoms with van der Waals surface area (Å²) in [7, 11) is 2.98. The molecule has 1 heterocycles. The molecule has 0 spiro atoms. The van der Waals surface area contributed by atoms with Gasteiger partial charge in [0.1, 0.15) is 11.5 Å². The third kappa shape index (κ3) is 3.90. The van der Waals surface area contributed by atoms with Gasteiger partial charge in [0.15, 0.2) is 6.61 Å². The third-order valence-electron chi connectivity index (χ3n) is 7.24. The van der Waals surface area contributed by atoms with Crippen molar-refractivity contribution in [2.75, 3.05) is 31.0 Å². The largest absolute Gasteiger partial charge is 0.497 e. The van der Waals surface area contributed by atoms with Crippen molar-refractivity contribution in [1.29, 1.82) is 0 Å². The quantitative estimate of drug-likeness (QED) is 0.360. The van der Waals surface area contributed by atoms with E-state index in [1.807, 2.05) is 6.92 Å². The third-order valence-corrected chi connectivity index (χ3v) is 7.24. The molecule has 0 aromatic heterocycles. The van der Waals surface area contributed by atoms with Gasteiger partial charge in [-0.15, -0.1) is 0 Å². The summed E-state index contributed by atoms with van der Waals surface area (Å²) in [5, 5.41) is 2.63. The molecule has 3 aliphatic rings. The second-order valence-electron chi connectivity index (χ2n) is 9.22. The first-order valence-electron chi connectivity index (χ1n) is 11.7. The van der Waals surface area contributed by atoms with Gasteiger partial charge in [0.25, 0.3) is 5.91 Å². The summed E-state index contributed by atoms with van der Waals surface area (Å²) >= 11 is 0. The number of fused-ring (bicyclic) bond motifs is 5. The summed E-state index contributed by atoms with van der Waals surface area (Å²) in [4.78, 5) is 52.5. The number of ether oxygens (including phenoxy) is 3. The molecule has 36 heavy (non-hydrogen) atoms. The van der Waals surface area contributed by atoms with Crippen LogP contribution >= 0.6 is 0 Å². The molecule has 0 radical (unpaired) electrons. The number of rotatable bonds is 7. The summed E-state index contributed by atoms with van der Waals surface area (Å²) in [6, 6.07) is 11.1. The van der Waals surface area contributed by atoms with Crippen LogP contribution in [0.5, 0.6) is 11.5 Å². The Labute approximate surface area is 208 Å². The standard InChI is InChI=1S/C27H26N2O7/c1-14-9-16-11-19(14)24-23(16)25(31)29(26(24)32)17-6-4-5-15(10-17)27(33)36-13-22(30)28-20-8-7-18(34-2)12-21(20)35-3/h4-10,12,16,19,23-24H,11,13H2,1-3H3,(H,28,30)/t16-,19+,23+,24+/m0/s1. The Balaban J connectivity index is 1.24. The fourth-order valence-corrected chi connectivity index (χ4v) is 5.60. The Morgan fingerprint density at radius 2 is 1.81 bits per heavy atom. The highest BCUT2D eigenvalue weighted by Gasteiger charge is 2.60. The van der Waals surface area contributed by atoms with Crippen LogP contribution in [0.25, 0.3) is 0 Å². The number of esters is 1. The first-order chi connectivity index (χ1) is 17.3. The minimum atomic E-state index is -0.745. The topological polar surface area (TPSA) is 111 Å². The van der Waals surface area contributed by atoms with Crippen molar-refractivity contribution in [3.63, 3.8) is 0 Å². The lowest BCUT2D eigenvalue weighted by atomic mass is 9.82. The van der Waals surface area contributed by atoms with Gasteiger partial charge in [0, 0.05) is 6.07 Å². The number of hydrogen-bond acceptors (Lipinski definition) is 7. The Hall–Kier alpha value is -4.14. The van der Waals surface area contributed by atoms with Gasteiger partial charge in [-0.1, -0.05) is 17.7 Å². The SMILES string of the molecule is COc1ccc(NC(=O)COC(=O)c2cccc(N3C(=O)[C@H]4[C@H](C3=O)[C@H]3C=C(C)[C@H]4C3)c2)c(OC)c1. The highest BCUT2D eigenvalue weighted by molar-refractivity contribution is 6.23. The van der Waals surface area contributed by atoms with Crippen LogP contribution in [0.3, 0.4) is 0 Å². The summed E-state index contributed by atoms with van der Waals surface area (Å²) in [6.45, 7) is 1.48. The molecular formula is C27H26N2O7. The molecule has 3 amide bonds. The van der Waals surface area contributed by atoms with Crippen molar-refractivity contribution >= 4 is 35.1 Å². The molecule has 1 saturated heterocycles. The van der Waals surface area contributed by atoms with Crippen molar-refractivity contribution in [3.8, 4) is 11.5 Å². The van der Waals surface area contributed by atoms with Gasteiger partial charge in [-0.05, 0) is 55.5 Å². The molecule has 5 rings (SSSR count). The number of methoxy groups -OCH3 is 2. The first kappa shape index (κ1) is 23.6. The number of hydrogen-bond donors (Lipinski definition) is 1. The van der Waals surface area contributed by atoms with Crippen LogP contribution in [0.1, 0.15) is 23.7 Å². The zero-order chi connectivity index (χ0) is 25.6. The Kier molecular flexibility index (Phi) is 5.99. The van der Waals surface area contributed by atoms with Gasteiger partial charge in [-0.25, -0.2) is 9.69 Å². The maximum absolute atomic E-state index is 13.2. The Morgan fingerprint density at radius 3 is 2.56 bits per heavy atom. The van der Waals surface area contributed by atoms with Crippen LogP contribution in [-0.4, -0.2) is 44.5 Å². The van der Waals surface area contributed by atoms with Crippen LogP contribution < -0.4 is 19.7 Å². The van der Waals surface area contributed by atoms with Gasteiger partial charge in [0.05, 0.1) is 43.0 Å². The predicted molar refractivity (Wildman–Crippen MR) is 130 cm³/mol. The zero-order valence-corrected chi connectivity index (χ0v) is 20.1. The van der Waals surface area contributed by atoms with Gasteiger partial charge in [-0.2, -0.15) is 0 Å². The average Bonchev–Trinajstić information content (AvgIpc) is 3.52. The molecule has 9 nitrogen and oxygen atoms in total. The minimum Gasteiger partial charge on any atom is -0.497 e. The lowest BCUT2D eigenvalue weighted by molar-refractivity contribution is -0.123. The zero-order valence-electron chi connectivity index (χ0n) is 20.1. The number of nitrogens with one attached hydrogen (secondary N) is 1. The molecule has 2 fully saturated rings. The molecule has 4 atom stereocenters. The van der Waals surface area contributed by atoms with E-state index in [0.29, 0.717) is 22.9 Å². The Bertz CT molecular complexity index is 1300. The van der Waals surface area contributed by atoms with Crippen molar-refractivity contribution in [2.45, 2.75) is 13.3 Å². The summed E-state index contributed by atoms with van der Waals surface area (Å²) in [5.74, 6) is -1.25. The maximum atomic E-state index is 13.2. The van der Waals surface area contributed by atoms with Crippen molar-refractivity contribution in [1.82, 2.24) is 0 Å². The average molecular weight is 491 g/mol. The maximum Gasteiger partial charge on any atom is 0.338 e. The second-order valence-corrected chi connectivity index (χ2v) is 9.22. The molecule has 0 unspecified atom stereocenters. The summed E-state index contributed by atoms with van der Waals surface area (Å²) < 4.78 is 15.6. The van der Waals surface area contributed by atoms with Gasteiger partial charge in [0.2, 0.25) is 11.8 Å². The van der Waals surface area contributed by atoms with E-state index < -0.39 is 18.5 Å². The molecule has 1 saturated carbocycles. The fraction of sp³-hybridized carbons (Fsp3) is 0.333. The first-order valence-corrected chi connectivity index (χ1v) is 11.7. The molecule has 9 heteroatoms. The molecule has 2 aromatic rings. The number of allylic oxidation sites excluding steroid dienone is 2. The van der Waals surface area contributed by atoms with Gasteiger partial charge >= 0.3 is 5.97 Å². The second kappa shape index (κ2) is 9.14. The molecule has 186 valence electrons. The number of anilines is 2. The number of benzene rings is 2. The molecule has 2 aliphatic carbocycles. The highest BCUT2D eigenvalue weighted by atomic mass is 16.5. The van der Waals surface area contributed by atoms with Crippen LogP contribution in [-0.2, 0) is 19.1 Å². The summed E-state index contributed by atoms with van der Waals surface area (Å²) in [5.41, 5.74) is 2.04. The van der Waals surface area contributed by atoms with E-state index in [0.717, 1.165) is 6.42 Å².